The Morgan fingerprint density at radius 2 is 2.26 bits per heavy atom. The maximum atomic E-state index is 12.1. The highest BCUT2D eigenvalue weighted by Crippen LogP contribution is 2.29. The predicted octanol–water partition coefficient (Wildman–Crippen LogP) is 4.16. The average Bonchev–Trinajstić information content (AvgIpc) is 2.42. The van der Waals surface area contributed by atoms with Gasteiger partial charge in [0, 0.05) is 10.2 Å². The Hall–Kier alpha value is -1.03. The molecule has 2 rings (SSSR count). The lowest BCUT2D eigenvalue weighted by atomic mass is 9.85. The van der Waals surface area contributed by atoms with Gasteiger partial charge in [0.05, 0.1) is 5.56 Å². The molecular formula is C15H20BrNO2. The van der Waals surface area contributed by atoms with Crippen molar-refractivity contribution in [1.29, 1.82) is 0 Å². The molecule has 2 atom stereocenters. The van der Waals surface area contributed by atoms with Crippen LogP contribution in [0.3, 0.4) is 0 Å². The molecule has 0 heterocycles. The van der Waals surface area contributed by atoms with Gasteiger partial charge in [0.1, 0.15) is 6.10 Å². The number of halogens is 1. The Morgan fingerprint density at radius 3 is 2.95 bits per heavy atom. The molecule has 2 unspecified atom stereocenters. The fourth-order valence-corrected chi connectivity index (χ4v) is 2.86. The van der Waals surface area contributed by atoms with E-state index in [1.165, 1.54) is 12.8 Å². The van der Waals surface area contributed by atoms with E-state index < -0.39 is 0 Å². The summed E-state index contributed by atoms with van der Waals surface area (Å²) in [6.45, 7) is 2.20. The number of hydrogen-bond donors (Lipinski definition) is 1. The summed E-state index contributed by atoms with van der Waals surface area (Å²) in [4.78, 5) is 12.1. The highest BCUT2D eigenvalue weighted by atomic mass is 79.9. The van der Waals surface area contributed by atoms with Crippen molar-refractivity contribution in [3.05, 3.63) is 28.2 Å². The molecule has 4 heteroatoms. The van der Waals surface area contributed by atoms with Crippen molar-refractivity contribution in [3.63, 3.8) is 0 Å². The third-order valence-electron chi connectivity index (χ3n) is 3.82. The lowest BCUT2D eigenvalue weighted by molar-refractivity contribution is 0.0140. The molecular weight excluding hydrogens is 306 g/mol. The third-order valence-corrected chi connectivity index (χ3v) is 4.54. The third kappa shape index (κ3) is 3.72. The van der Waals surface area contributed by atoms with Crippen molar-refractivity contribution in [3.8, 4) is 0 Å². The summed E-state index contributed by atoms with van der Waals surface area (Å²) in [7, 11) is 0. The lowest BCUT2D eigenvalue weighted by Crippen LogP contribution is -2.25. The summed E-state index contributed by atoms with van der Waals surface area (Å²) >= 11 is 3.32. The Bertz CT molecular complexity index is 461. The van der Waals surface area contributed by atoms with Crippen molar-refractivity contribution >= 4 is 27.6 Å². The highest BCUT2D eigenvalue weighted by molar-refractivity contribution is 9.10. The van der Waals surface area contributed by atoms with Gasteiger partial charge >= 0.3 is 5.97 Å². The zero-order valence-corrected chi connectivity index (χ0v) is 12.8. The van der Waals surface area contributed by atoms with Gasteiger partial charge in [-0.25, -0.2) is 4.79 Å². The molecule has 1 aliphatic carbocycles. The van der Waals surface area contributed by atoms with Crippen LogP contribution >= 0.6 is 15.9 Å². The molecule has 1 aliphatic rings. The van der Waals surface area contributed by atoms with E-state index >= 15 is 0 Å². The van der Waals surface area contributed by atoms with Crippen LogP contribution < -0.4 is 5.73 Å². The highest BCUT2D eigenvalue weighted by Gasteiger charge is 2.24. The summed E-state index contributed by atoms with van der Waals surface area (Å²) in [5.74, 6) is 0.433. The van der Waals surface area contributed by atoms with E-state index in [1.54, 1.807) is 18.2 Å². The van der Waals surface area contributed by atoms with Crippen LogP contribution in [0.5, 0.6) is 0 Å². The molecule has 0 saturated heterocycles. The SMILES string of the molecule is CCC1CCCC(OC(=O)c2ccc(Br)c(N)c2)C1. The minimum Gasteiger partial charge on any atom is -0.459 e. The number of carbonyl (C=O) groups is 1. The van der Waals surface area contributed by atoms with E-state index in [-0.39, 0.29) is 12.1 Å². The van der Waals surface area contributed by atoms with Gasteiger partial charge < -0.3 is 10.5 Å². The molecule has 0 spiro atoms. The normalized spacial score (nSPS) is 23.1. The van der Waals surface area contributed by atoms with Gasteiger partial charge in [-0.05, 0) is 59.3 Å². The number of nitrogen functional groups attached to an aromatic ring is 1. The number of rotatable bonds is 3. The first kappa shape index (κ1) is 14.4. The molecule has 1 aromatic rings. The molecule has 0 amide bonds. The Labute approximate surface area is 122 Å². The predicted molar refractivity (Wildman–Crippen MR) is 80.0 cm³/mol. The fourth-order valence-electron chi connectivity index (χ4n) is 2.61. The average molecular weight is 326 g/mol. The van der Waals surface area contributed by atoms with Gasteiger partial charge in [0.25, 0.3) is 0 Å². The van der Waals surface area contributed by atoms with Crippen LogP contribution in [0.1, 0.15) is 49.4 Å². The lowest BCUT2D eigenvalue weighted by Gasteiger charge is -2.28. The number of anilines is 1. The molecule has 2 N–H and O–H groups in total. The summed E-state index contributed by atoms with van der Waals surface area (Å²) in [6.07, 6.45) is 5.62. The van der Waals surface area contributed by atoms with Gasteiger partial charge in [-0.15, -0.1) is 0 Å². The maximum Gasteiger partial charge on any atom is 0.338 e. The van der Waals surface area contributed by atoms with E-state index in [0.29, 0.717) is 17.2 Å². The van der Waals surface area contributed by atoms with Crippen molar-refractivity contribution < 1.29 is 9.53 Å². The van der Waals surface area contributed by atoms with Crippen molar-refractivity contribution in [2.45, 2.75) is 45.1 Å². The van der Waals surface area contributed by atoms with E-state index in [0.717, 1.165) is 23.7 Å². The number of hydrogen-bond acceptors (Lipinski definition) is 3. The molecule has 0 bridgehead atoms. The van der Waals surface area contributed by atoms with Gasteiger partial charge in [-0.1, -0.05) is 19.8 Å². The Morgan fingerprint density at radius 1 is 1.47 bits per heavy atom. The van der Waals surface area contributed by atoms with Crippen molar-refractivity contribution in [1.82, 2.24) is 0 Å². The van der Waals surface area contributed by atoms with Crippen LogP contribution in [0.4, 0.5) is 5.69 Å². The molecule has 1 saturated carbocycles. The number of benzene rings is 1. The summed E-state index contributed by atoms with van der Waals surface area (Å²) in [5, 5.41) is 0. The maximum absolute atomic E-state index is 12.1. The smallest absolute Gasteiger partial charge is 0.338 e. The number of nitrogens with two attached hydrogens (primary N) is 1. The van der Waals surface area contributed by atoms with Crippen molar-refractivity contribution in [2.24, 2.45) is 5.92 Å². The number of esters is 1. The molecule has 104 valence electrons. The van der Waals surface area contributed by atoms with Crippen LogP contribution in [-0.2, 0) is 4.74 Å². The van der Waals surface area contributed by atoms with E-state index in [2.05, 4.69) is 22.9 Å². The summed E-state index contributed by atoms with van der Waals surface area (Å²) < 4.78 is 6.39. The molecule has 0 radical (unpaired) electrons. The number of ether oxygens (including phenoxy) is 1. The standard InChI is InChI=1S/C15H20BrNO2/c1-2-10-4-3-5-12(8-10)19-15(18)11-6-7-13(16)14(17)9-11/h6-7,9-10,12H,2-5,8,17H2,1H3. The van der Waals surface area contributed by atoms with Gasteiger partial charge in [-0.2, -0.15) is 0 Å². The second kappa shape index (κ2) is 6.42. The zero-order valence-electron chi connectivity index (χ0n) is 11.2. The molecule has 0 aliphatic heterocycles. The Balaban J connectivity index is 1.98. The fraction of sp³-hybridized carbons (Fsp3) is 0.533. The molecule has 1 fully saturated rings. The van der Waals surface area contributed by atoms with Crippen LogP contribution in [-0.4, -0.2) is 12.1 Å². The summed E-state index contributed by atoms with van der Waals surface area (Å²) in [5.41, 5.74) is 6.87. The van der Waals surface area contributed by atoms with Gasteiger partial charge in [0.2, 0.25) is 0 Å². The van der Waals surface area contributed by atoms with E-state index in [1.807, 2.05) is 0 Å². The number of carbonyl (C=O) groups excluding carboxylic acids is 1. The van der Waals surface area contributed by atoms with Gasteiger partial charge in [-0.3, -0.25) is 0 Å². The van der Waals surface area contributed by atoms with Crippen LogP contribution in [0.15, 0.2) is 22.7 Å². The molecule has 0 aromatic heterocycles. The molecule has 19 heavy (non-hydrogen) atoms. The van der Waals surface area contributed by atoms with Gasteiger partial charge in [0.15, 0.2) is 0 Å². The molecule has 1 aromatic carbocycles. The minimum atomic E-state index is -0.263. The van der Waals surface area contributed by atoms with Crippen molar-refractivity contribution in [2.75, 3.05) is 5.73 Å². The zero-order chi connectivity index (χ0) is 13.8. The first-order valence-electron chi connectivity index (χ1n) is 6.86. The van der Waals surface area contributed by atoms with Crippen LogP contribution in [0, 0.1) is 5.92 Å². The van der Waals surface area contributed by atoms with Crippen LogP contribution in [0.25, 0.3) is 0 Å². The first-order valence-corrected chi connectivity index (χ1v) is 7.65. The van der Waals surface area contributed by atoms with E-state index in [9.17, 15) is 4.79 Å². The largest absolute Gasteiger partial charge is 0.459 e. The Kier molecular flexibility index (Phi) is 4.86. The molecule has 3 nitrogen and oxygen atoms in total. The first-order chi connectivity index (χ1) is 9.10. The topological polar surface area (TPSA) is 52.3 Å². The van der Waals surface area contributed by atoms with E-state index in [4.69, 9.17) is 10.5 Å². The quantitative estimate of drug-likeness (QED) is 0.670. The van der Waals surface area contributed by atoms with Crippen LogP contribution in [0.2, 0.25) is 0 Å². The monoisotopic (exact) mass is 325 g/mol. The minimum absolute atomic E-state index is 0.0658. The summed E-state index contributed by atoms with van der Waals surface area (Å²) in [6, 6.07) is 5.18. The second-order valence-electron chi connectivity index (χ2n) is 5.20. The second-order valence-corrected chi connectivity index (χ2v) is 6.06.